The molecule has 0 saturated carbocycles. The number of non-ortho nitro benzene ring substituents is 1. The van der Waals surface area contributed by atoms with Gasteiger partial charge in [-0.05, 0) is 307 Å². The van der Waals surface area contributed by atoms with Gasteiger partial charge in [-0.2, -0.15) is 0 Å². The lowest BCUT2D eigenvalue weighted by Gasteiger charge is -2.14. The van der Waals surface area contributed by atoms with E-state index >= 15 is 0 Å². The number of aryl methyl sites for hydroxylation is 1. The summed E-state index contributed by atoms with van der Waals surface area (Å²) in [7, 11) is 0. The number of para-hydroxylation sites is 1. The van der Waals surface area contributed by atoms with Crippen molar-refractivity contribution in [1.29, 1.82) is 0 Å². The van der Waals surface area contributed by atoms with Crippen molar-refractivity contribution in [2.45, 2.75) is 6.92 Å². The summed E-state index contributed by atoms with van der Waals surface area (Å²) in [4.78, 5) is 68.2. The number of hydroxylamine groups is 5. The van der Waals surface area contributed by atoms with Crippen molar-refractivity contribution in [3.63, 3.8) is 0 Å². The largest absolute Gasteiger partial charge is 0.354 e. The molecule has 0 radical (unpaired) electrons. The van der Waals surface area contributed by atoms with E-state index in [9.17, 15) is 64.8 Å². The van der Waals surface area contributed by atoms with E-state index in [1.165, 1.54) is 64.4 Å². The predicted octanol–water partition coefficient (Wildman–Crippen LogP) is 20.6. The molecule has 0 aliphatic heterocycles. The van der Waals surface area contributed by atoms with Crippen LogP contribution in [0.25, 0.3) is 0 Å². The highest BCUT2D eigenvalue weighted by Gasteiger charge is 2.26. The van der Waals surface area contributed by atoms with Crippen LogP contribution in [-0.4, -0.2) is 60.5 Å². The first kappa shape index (κ1) is 87.8. The van der Waals surface area contributed by atoms with Crippen LogP contribution in [0.1, 0.15) is 57.4 Å². The first-order valence-electron chi connectivity index (χ1n) is 28.5. The van der Waals surface area contributed by atoms with Gasteiger partial charge in [-0.1, -0.05) is 35.3 Å². The predicted molar refractivity (Wildman–Crippen MR) is 435 cm³/mol. The molecule has 0 aromatic heterocycles. The van der Waals surface area contributed by atoms with Gasteiger partial charge in [0.1, 0.15) is 11.6 Å². The van der Waals surface area contributed by atoms with Gasteiger partial charge < -0.3 is 26.6 Å². The number of anilines is 10. The molecule has 0 aliphatic rings. The maximum atomic E-state index is 14.1. The summed E-state index contributed by atoms with van der Waals surface area (Å²) in [5.41, 5.74) is 9.05. The van der Waals surface area contributed by atoms with Crippen LogP contribution in [0.15, 0.2) is 171 Å². The van der Waals surface area contributed by atoms with Crippen LogP contribution >= 0.6 is 184 Å². The van der Waals surface area contributed by atoms with Crippen molar-refractivity contribution in [1.82, 2.24) is 27.4 Å². The molecule has 0 fully saturated rings. The van der Waals surface area contributed by atoms with Crippen LogP contribution in [0.3, 0.4) is 0 Å². The molecule has 0 unspecified atom stereocenters. The molecule has 5 amide bonds. The zero-order valence-electron chi connectivity index (χ0n) is 52.5. The molecular weight excluding hydrogens is 2220 g/mol. The number of carbonyl (C=O) groups is 5. The van der Waals surface area contributed by atoms with Gasteiger partial charge in [-0.3, -0.25) is 60.1 Å². The van der Waals surface area contributed by atoms with Crippen LogP contribution in [0.2, 0.25) is 10.0 Å². The third-order valence-electron chi connectivity index (χ3n) is 13.4. The SMILES string of the molecule is Cc1ccc(C(=O)NO)c(Nc2ccc(I)cc2Cl)c1.O=C(NO)c1cc(Cl)c(F)c(F)c1Nc1ccc(I)cc1Br.O=C(NO)c1cc(F)c(F)c(F)c1Nc1ccc(I)cc1Br.O=C(NO)c1ccc([N+](=O)[O-])cc1Nc1ccc(I)cc1Br.O=C(NO)c1cccc(F)c1Nc1ccc(I)cc1F. The van der Waals surface area contributed by atoms with E-state index in [0.29, 0.717) is 57.6 Å². The van der Waals surface area contributed by atoms with Gasteiger partial charge in [-0.15, -0.1) is 0 Å². The second kappa shape index (κ2) is 41.5. The van der Waals surface area contributed by atoms with E-state index in [1.54, 1.807) is 66.1 Å². The van der Waals surface area contributed by atoms with E-state index in [4.69, 9.17) is 49.2 Å². The summed E-state index contributed by atoms with van der Waals surface area (Å²) in [6.07, 6.45) is 0. The van der Waals surface area contributed by atoms with Crippen LogP contribution in [0.5, 0.6) is 0 Å². The van der Waals surface area contributed by atoms with Crippen LogP contribution < -0.4 is 54.0 Å². The number of rotatable bonds is 16. The van der Waals surface area contributed by atoms with Crippen LogP contribution in [0, 0.1) is 75.6 Å². The molecule has 10 rings (SSSR count). The number of nitro benzene ring substituents is 1. The van der Waals surface area contributed by atoms with E-state index < -0.39 is 97.1 Å². The summed E-state index contributed by atoms with van der Waals surface area (Å²) < 4.78 is 102. The third-order valence-corrected chi connectivity index (χ3v) is 19.3. The molecule has 23 nitrogen and oxygen atoms in total. The van der Waals surface area contributed by atoms with Crippen molar-refractivity contribution >= 4 is 276 Å². The molecule has 0 saturated heterocycles. The third kappa shape index (κ3) is 24.2. The Kier molecular flexibility index (Phi) is 34.4. The van der Waals surface area contributed by atoms with Crippen molar-refractivity contribution in [3.05, 3.63) is 283 Å². The lowest BCUT2D eigenvalue weighted by atomic mass is 10.1. The molecule has 0 heterocycles. The fourth-order valence-corrected chi connectivity index (χ4v) is 14.2. The van der Waals surface area contributed by atoms with Gasteiger partial charge >= 0.3 is 0 Å². The maximum Gasteiger partial charge on any atom is 0.276 e. The smallest absolute Gasteiger partial charge is 0.276 e. The maximum absolute atomic E-state index is 14.1. The van der Waals surface area contributed by atoms with E-state index in [-0.39, 0.29) is 39.4 Å². The molecule has 106 heavy (non-hydrogen) atoms. The summed E-state index contributed by atoms with van der Waals surface area (Å²) in [5.74, 6) is -13.2. The van der Waals surface area contributed by atoms with Gasteiger partial charge in [0.2, 0.25) is 0 Å². The zero-order chi connectivity index (χ0) is 78.5. The molecule has 0 bridgehead atoms. The Morgan fingerprint density at radius 2 is 0.755 bits per heavy atom. The fraction of sp³-hybridized carbons (Fsp3) is 0.0152. The molecule has 0 spiro atoms. The zero-order valence-corrected chi connectivity index (χ0v) is 69.5. The Morgan fingerprint density at radius 1 is 0.368 bits per heavy atom. The summed E-state index contributed by atoms with van der Waals surface area (Å²) >= 11 is 32.0. The molecule has 0 aliphatic carbocycles. The van der Waals surface area contributed by atoms with Gasteiger partial charge in [-0.25, -0.2) is 58.1 Å². The highest BCUT2D eigenvalue weighted by atomic mass is 127. The molecule has 40 heteroatoms. The van der Waals surface area contributed by atoms with Crippen molar-refractivity contribution in [2.24, 2.45) is 0 Å². The normalized spacial score (nSPS) is 10.3. The Labute approximate surface area is 698 Å². The van der Waals surface area contributed by atoms with E-state index in [2.05, 4.69) is 165 Å². The number of amides is 5. The molecule has 0 atom stereocenters. The highest BCUT2D eigenvalue weighted by Crippen LogP contribution is 2.38. The second-order valence-electron chi connectivity index (χ2n) is 20.5. The molecular formula is C66H44Br3Cl2F7I5N11O12. The lowest BCUT2D eigenvalue weighted by Crippen LogP contribution is -2.21. The number of carbonyl (C=O) groups excluding carboxylic acids is 5. The summed E-state index contributed by atoms with van der Waals surface area (Å²) in [5, 5.41) is 68.2. The van der Waals surface area contributed by atoms with Crippen LogP contribution in [0.4, 0.5) is 93.3 Å². The topological polar surface area (TPSA) is 350 Å². The molecule has 15 N–H and O–H groups in total. The number of nitrogens with one attached hydrogen (secondary N) is 10. The quantitative estimate of drug-likeness (QED) is 0.0107. The molecule has 10 aromatic rings. The molecule has 10 aromatic carbocycles. The van der Waals surface area contributed by atoms with Crippen molar-refractivity contribution in [3.8, 4) is 0 Å². The van der Waals surface area contributed by atoms with Crippen LogP contribution in [-0.2, 0) is 0 Å². The van der Waals surface area contributed by atoms with Gasteiger partial charge in [0.05, 0.1) is 99.7 Å². The number of nitrogens with zero attached hydrogens (tertiary/aromatic N) is 1. The number of hydrogen-bond acceptors (Lipinski definition) is 17. The second-order valence-corrected chi connectivity index (χ2v) is 30.1. The highest BCUT2D eigenvalue weighted by molar-refractivity contribution is 14.1. The first-order chi connectivity index (χ1) is 50.1. The number of benzene rings is 10. The van der Waals surface area contributed by atoms with E-state index in [1.807, 2.05) is 65.9 Å². The summed E-state index contributed by atoms with van der Waals surface area (Å²) in [6.45, 7) is 1.92. The average molecular weight is 2260 g/mol. The monoisotopic (exact) mass is 2260 g/mol. The number of halogens is 17. The standard InChI is InChI=1S/C14H12ClIN2O2.C13H7BrClF2IN2O2.C13H7BrF3IN2O2.C13H9BrIN3O4.C13H9F2IN2O2/c1-8-2-4-10(14(19)18-20)13(6-8)17-12-5-3-9(16)7-11(12)15;2*14-7-3-5(18)1-2-9(7)19-12-6(13(21)20-22)4-8(15)10(16)11(12)17;14-10-5-7(15)1-4-11(10)16-12-6-8(18(21)22)2-3-9(12)13(19)17-20;14-9-3-1-2-8(13(19)18-20)12(9)17-11-5-4-7(16)6-10(11)15/h2-7,17,20H,1H3,(H,18,19);2*1-4,19,22H,(H,20,21);1-6,16,20H,(H,17,19);1-6,17,20H,(H,18,19). The minimum atomic E-state index is -1.72. The Balaban J connectivity index is 0.000000208. The van der Waals surface area contributed by atoms with Gasteiger partial charge in [0.15, 0.2) is 29.1 Å². The minimum absolute atomic E-state index is 0.0301. The van der Waals surface area contributed by atoms with Crippen molar-refractivity contribution < 1.29 is 85.7 Å². The minimum Gasteiger partial charge on any atom is -0.354 e. The van der Waals surface area contributed by atoms with Crippen molar-refractivity contribution in [2.75, 3.05) is 26.6 Å². The lowest BCUT2D eigenvalue weighted by molar-refractivity contribution is -0.384. The Bertz CT molecular complexity index is 4900. The molecule has 554 valence electrons. The first-order valence-corrected chi connectivity index (χ1v) is 37.0. The van der Waals surface area contributed by atoms with Gasteiger partial charge in [0, 0.05) is 43.4 Å². The fourth-order valence-electron chi connectivity index (χ4n) is 8.49. The summed E-state index contributed by atoms with van der Waals surface area (Å²) in [6, 6.07) is 39.6. The number of hydrogen-bond donors (Lipinski definition) is 15. The van der Waals surface area contributed by atoms with Gasteiger partial charge in [0.25, 0.3) is 35.2 Å². The Hall–Kier alpha value is -7.07. The van der Waals surface area contributed by atoms with E-state index in [0.717, 1.165) is 36.4 Å². The number of nitro groups is 1. The Morgan fingerprint density at radius 3 is 1.22 bits per heavy atom. The average Bonchev–Trinajstić information content (AvgIpc) is 0.807.